The number of aromatic amines is 1. The van der Waals surface area contributed by atoms with Crippen molar-refractivity contribution in [2.24, 2.45) is 0 Å². The molecule has 2 N–H and O–H groups in total. The van der Waals surface area contributed by atoms with E-state index in [4.69, 9.17) is 14.2 Å². The highest BCUT2D eigenvalue weighted by molar-refractivity contribution is 5.90. The number of ether oxygens (including phenoxy) is 3. The van der Waals surface area contributed by atoms with Crippen molar-refractivity contribution in [1.29, 1.82) is 0 Å². The molecule has 28 heavy (non-hydrogen) atoms. The molecule has 3 rings (SSSR count). The Bertz CT molecular complexity index is 819. The maximum atomic E-state index is 12.7. The Labute approximate surface area is 163 Å². The number of hydrogen-bond acceptors (Lipinski definition) is 6. The van der Waals surface area contributed by atoms with Gasteiger partial charge in [-0.05, 0) is 19.8 Å². The third kappa shape index (κ3) is 3.66. The Balaban J connectivity index is 1.90. The summed E-state index contributed by atoms with van der Waals surface area (Å²) in [5.41, 5.74) is -1.95. The first kappa shape index (κ1) is 20.8. The molecule has 3 heterocycles. The zero-order chi connectivity index (χ0) is 20.3. The minimum absolute atomic E-state index is 0.0553. The first-order valence-corrected chi connectivity index (χ1v) is 9.94. The van der Waals surface area contributed by atoms with Gasteiger partial charge < -0.3 is 19.5 Å². The van der Waals surface area contributed by atoms with Crippen molar-refractivity contribution in [1.82, 2.24) is 14.9 Å². The maximum Gasteiger partial charge on any atom is 0.330 e. The molecule has 2 aliphatic heterocycles. The van der Waals surface area contributed by atoms with Gasteiger partial charge in [0.25, 0.3) is 11.5 Å². The fourth-order valence-electron chi connectivity index (χ4n) is 3.65. The average molecular weight is 395 g/mol. The molecule has 0 aromatic carbocycles. The molecule has 2 saturated heterocycles. The van der Waals surface area contributed by atoms with Crippen LogP contribution in [-0.2, 0) is 19.0 Å². The molecule has 1 aromatic rings. The number of carbonyl (C=O) groups excluding carboxylic acids is 1. The van der Waals surface area contributed by atoms with Gasteiger partial charge in [0.05, 0.1) is 6.61 Å². The molecule has 2 aliphatic rings. The number of nitrogens with one attached hydrogen (secondary N) is 2. The number of aryl methyl sites for hydroxylation is 1. The second-order valence-corrected chi connectivity index (χ2v) is 7.43. The van der Waals surface area contributed by atoms with E-state index in [1.54, 1.807) is 6.92 Å². The van der Waals surface area contributed by atoms with Gasteiger partial charge >= 0.3 is 5.69 Å². The largest absolute Gasteiger partial charge is 0.378 e. The number of aromatic nitrogens is 2. The van der Waals surface area contributed by atoms with E-state index < -0.39 is 35.2 Å². The smallest absolute Gasteiger partial charge is 0.330 e. The minimum Gasteiger partial charge on any atom is -0.378 e. The SMILES string of the molecule is CCCCOC[C@@]12O[C@@H](n3cc(C)c(=O)[nH]c3=O)[C@@H](NC1=O)C2OCCCC. The van der Waals surface area contributed by atoms with Crippen molar-refractivity contribution in [3.8, 4) is 0 Å². The number of rotatable bonds is 10. The first-order valence-electron chi connectivity index (χ1n) is 9.94. The Kier molecular flexibility index (Phi) is 6.36. The van der Waals surface area contributed by atoms with Crippen LogP contribution in [0, 0.1) is 6.92 Å². The number of amides is 1. The van der Waals surface area contributed by atoms with Crippen molar-refractivity contribution in [2.45, 2.75) is 70.4 Å². The average Bonchev–Trinajstić information content (AvgIpc) is 3.10. The van der Waals surface area contributed by atoms with E-state index in [9.17, 15) is 14.4 Å². The van der Waals surface area contributed by atoms with Gasteiger partial charge in [0.1, 0.15) is 12.1 Å². The van der Waals surface area contributed by atoms with Crippen LogP contribution in [0.5, 0.6) is 0 Å². The van der Waals surface area contributed by atoms with Crippen molar-refractivity contribution in [2.75, 3.05) is 19.8 Å². The number of morpholine rings is 1. The maximum absolute atomic E-state index is 12.7. The summed E-state index contributed by atoms with van der Waals surface area (Å²) in [4.78, 5) is 39.0. The Morgan fingerprint density at radius 2 is 1.89 bits per heavy atom. The highest BCUT2D eigenvalue weighted by Crippen LogP contribution is 2.44. The van der Waals surface area contributed by atoms with Crippen molar-refractivity contribution < 1.29 is 19.0 Å². The first-order chi connectivity index (χ1) is 13.4. The number of carbonyl (C=O) groups is 1. The molecule has 0 saturated carbocycles. The number of fused-ring (bicyclic) bond motifs is 2. The molecule has 0 spiro atoms. The second kappa shape index (κ2) is 8.59. The molecule has 0 aliphatic carbocycles. The van der Waals surface area contributed by atoms with Crippen LogP contribution < -0.4 is 16.6 Å². The summed E-state index contributed by atoms with van der Waals surface area (Å²) in [6, 6.07) is -0.540. The predicted octanol–water partition coefficient (Wildman–Crippen LogP) is 0.613. The summed E-state index contributed by atoms with van der Waals surface area (Å²) >= 11 is 0. The van der Waals surface area contributed by atoms with Crippen LogP contribution in [0.25, 0.3) is 0 Å². The quantitative estimate of drug-likeness (QED) is 0.562. The summed E-state index contributed by atoms with van der Waals surface area (Å²) < 4.78 is 19.2. The summed E-state index contributed by atoms with van der Waals surface area (Å²) in [5.74, 6) is -0.291. The molecule has 9 heteroatoms. The van der Waals surface area contributed by atoms with Crippen molar-refractivity contribution in [3.63, 3.8) is 0 Å². The lowest BCUT2D eigenvalue weighted by atomic mass is 9.99. The van der Waals surface area contributed by atoms with E-state index in [1.807, 2.05) is 0 Å². The van der Waals surface area contributed by atoms with Crippen molar-refractivity contribution >= 4 is 5.91 Å². The van der Waals surface area contributed by atoms with E-state index >= 15 is 0 Å². The summed E-state index contributed by atoms with van der Waals surface area (Å²) in [5, 5.41) is 2.90. The van der Waals surface area contributed by atoms with E-state index in [-0.39, 0.29) is 12.5 Å². The zero-order valence-corrected chi connectivity index (χ0v) is 16.7. The van der Waals surface area contributed by atoms with Crippen LogP contribution in [0.2, 0.25) is 0 Å². The molecule has 1 aromatic heterocycles. The lowest BCUT2D eigenvalue weighted by molar-refractivity contribution is -0.177. The molecular formula is C19H29N3O6. The Morgan fingerprint density at radius 1 is 1.18 bits per heavy atom. The van der Waals surface area contributed by atoms with Gasteiger partial charge in [0.15, 0.2) is 11.8 Å². The van der Waals surface area contributed by atoms with Gasteiger partial charge in [0, 0.05) is 25.0 Å². The number of nitrogens with zero attached hydrogens (tertiary/aromatic N) is 1. The molecule has 9 nitrogen and oxygen atoms in total. The number of unbranched alkanes of at least 4 members (excludes halogenated alkanes) is 2. The van der Waals surface area contributed by atoms with E-state index in [0.717, 1.165) is 25.7 Å². The minimum atomic E-state index is -1.31. The van der Waals surface area contributed by atoms with Gasteiger partial charge in [-0.1, -0.05) is 26.7 Å². The zero-order valence-electron chi connectivity index (χ0n) is 16.7. The molecule has 1 amide bonds. The monoisotopic (exact) mass is 395 g/mol. The number of H-pyrrole nitrogens is 1. The van der Waals surface area contributed by atoms with Crippen LogP contribution in [0.15, 0.2) is 15.8 Å². The summed E-state index contributed by atoms with van der Waals surface area (Å²) in [7, 11) is 0. The fourth-order valence-corrected chi connectivity index (χ4v) is 3.65. The molecule has 156 valence electrons. The Morgan fingerprint density at radius 3 is 2.61 bits per heavy atom. The normalized spacial score (nSPS) is 28.7. The molecule has 2 bridgehead atoms. The summed E-state index contributed by atoms with van der Waals surface area (Å²) in [6.07, 6.45) is 3.78. The molecule has 2 fully saturated rings. The highest BCUT2D eigenvalue weighted by atomic mass is 16.6. The Hall–Kier alpha value is -1.97. The second-order valence-electron chi connectivity index (χ2n) is 7.43. The van der Waals surface area contributed by atoms with Crippen LogP contribution in [0.4, 0.5) is 0 Å². The fraction of sp³-hybridized carbons (Fsp3) is 0.737. The third-order valence-electron chi connectivity index (χ3n) is 5.28. The molecular weight excluding hydrogens is 366 g/mol. The van der Waals surface area contributed by atoms with Gasteiger partial charge in [-0.25, -0.2) is 4.79 Å². The van der Waals surface area contributed by atoms with Crippen LogP contribution in [0.3, 0.4) is 0 Å². The summed E-state index contributed by atoms with van der Waals surface area (Å²) in [6.45, 7) is 6.78. The number of hydrogen-bond donors (Lipinski definition) is 2. The van der Waals surface area contributed by atoms with Crippen molar-refractivity contribution in [3.05, 3.63) is 32.6 Å². The van der Waals surface area contributed by atoms with Crippen LogP contribution in [0.1, 0.15) is 51.3 Å². The lowest BCUT2D eigenvalue weighted by Gasteiger charge is -2.30. The van der Waals surface area contributed by atoms with Crippen LogP contribution >= 0.6 is 0 Å². The van der Waals surface area contributed by atoms with Gasteiger partial charge in [-0.3, -0.25) is 19.1 Å². The van der Waals surface area contributed by atoms with E-state index in [0.29, 0.717) is 18.8 Å². The standard InChI is InChI=1S/C19H29N3O6/c1-4-6-8-26-11-19-14(27-9-7-5-2)13(20-17(19)24)16(28-19)22-10-12(3)15(23)21-18(22)25/h10,13-14,16H,4-9,11H2,1-3H3,(H,20,24)(H,21,23,25)/t13-,14?,16+,19-/m0/s1. The van der Waals surface area contributed by atoms with E-state index in [2.05, 4.69) is 24.1 Å². The lowest BCUT2D eigenvalue weighted by Crippen LogP contribution is -2.53. The highest BCUT2D eigenvalue weighted by Gasteiger charge is 2.67. The van der Waals surface area contributed by atoms with Gasteiger partial charge in [-0.2, -0.15) is 0 Å². The van der Waals surface area contributed by atoms with E-state index in [1.165, 1.54) is 10.8 Å². The third-order valence-corrected chi connectivity index (χ3v) is 5.28. The van der Waals surface area contributed by atoms with Gasteiger partial charge in [-0.15, -0.1) is 0 Å². The van der Waals surface area contributed by atoms with Crippen LogP contribution in [-0.4, -0.2) is 53.0 Å². The molecule has 1 unspecified atom stereocenters. The van der Waals surface area contributed by atoms with Gasteiger partial charge in [0.2, 0.25) is 0 Å². The predicted molar refractivity (Wildman–Crippen MR) is 101 cm³/mol. The topological polar surface area (TPSA) is 112 Å². The molecule has 0 radical (unpaired) electrons. The molecule has 4 atom stereocenters.